The molecule has 0 bridgehead atoms. The van der Waals surface area contributed by atoms with Gasteiger partial charge in [-0.1, -0.05) is 254 Å². The highest BCUT2D eigenvalue weighted by atomic mass is 15.2. The first-order valence-electron chi connectivity index (χ1n) is 32.2. The van der Waals surface area contributed by atoms with Gasteiger partial charge >= 0.3 is 0 Å². The predicted octanol–water partition coefficient (Wildman–Crippen LogP) is 23.1. The Balaban J connectivity index is 0.830. The highest BCUT2D eigenvalue weighted by Gasteiger charge is 2.54. The van der Waals surface area contributed by atoms with Crippen molar-refractivity contribution in [2.45, 2.75) is 65.2 Å². The molecule has 12 aromatic rings. The van der Waals surface area contributed by atoms with E-state index in [9.17, 15) is 0 Å². The fourth-order valence-corrected chi connectivity index (χ4v) is 17.0. The summed E-state index contributed by atoms with van der Waals surface area (Å²) in [5, 5.41) is 0. The first kappa shape index (κ1) is 52.8. The molecule has 2 heterocycles. The van der Waals surface area contributed by atoms with Crippen LogP contribution in [-0.4, -0.2) is 0 Å². The van der Waals surface area contributed by atoms with E-state index in [4.69, 9.17) is 0 Å². The third kappa shape index (κ3) is 7.58. The van der Waals surface area contributed by atoms with E-state index in [2.05, 4.69) is 330 Å². The molecular weight excluding hydrogens is 1080 g/mol. The molecule has 0 aromatic heterocycles. The van der Waals surface area contributed by atoms with Crippen LogP contribution in [0.2, 0.25) is 0 Å². The molecular formula is C88H68N2. The predicted molar refractivity (Wildman–Crippen MR) is 378 cm³/mol. The maximum atomic E-state index is 2.58. The van der Waals surface area contributed by atoms with Gasteiger partial charge in [0, 0.05) is 11.4 Å². The van der Waals surface area contributed by atoms with Crippen LogP contribution in [0.5, 0.6) is 0 Å². The molecule has 0 radical (unpaired) electrons. The van der Waals surface area contributed by atoms with E-state index in [0.717, 1.165) is 24.2 Å². The van der Waals surface area contributed by atoms with Gasteiger partial charge in [0.15, 0.2) is 0 Å². The molecule has 0 saturated carbocycles. The molecule has 0 fully saturated rings. The van der Waals surface area contributed by atoms with Crippen LogP contribution in [0.3, 0.4) is 0 Å². The summed E-state index contributed by atoms with van der Waals surface area (Å²) in [7, 11) is 0. The molecule has 90 heavy (non-hydrogen) atoms. The number of rotatable bonds is 5. The first-order valence-corrected chi connectivity index (χ1v) is 32.2. The maximum Gasteiger partial charge on any atom is 0.0726 e. The molecule has 2 nitrogen and oxygen atoms in total. The lowest BCUT2D eigenvalue weighted by Crippen LogP contribution is -2.26. The van der Waals surface area contributed by atoms with E-state index in [-0.39, 0.29) is 10.8 Å². The highest BCUT2D eigenvalue weighted by molar-refractivity contribution is 6.02. The number of anilines is 6. The Kier molecular flexibility index (Phi) is 11.2. The standard InChI is InChI=1S/C88H68N2/c1-85(2,3)53-55-32-46-83-62(47-55)37-36-58-20-7-17-29-81(58)89(83)63-40-44-71-69-42-38-60(49-77(69)87(79(71)51-63)73-25-13-9-21-65(73)66-22-10-14-26-74(66)87)61-39-43-70-72-45-41-64(52-80(72)88(78(70)50-61)75-27-15-11-23-67(75)68-24-12-16-28-76(68)88)90-82-30-18-8-19-57(82)34-35-59-33-31-56(48-84(59)90)54-86(4,5)6/h7-52H,53-54H2,1-6H3. The van der Waals surface area contributed by atoms with Gasteiger partial charge in [-0.15, -0.1) is 0 Å². The number of para-hydroxylation sites is 2. The monoisotopic (exact) mass is 1150 g/mol. The van der Waals surface area contributed by atoms with Crippen molar-refractivity contribution in [3.63, 3.8) is 0 Å². The molecule has 4 aliphatic carbocycles. The van der Waals surface area contributed by atoms with Crippen LogP contribution in [0.1, 0.15) is 119 Å². The lowest BCUT2D eigenvalue weighted by atomic mass is 9.69. The zero-order valence-corrected chi connectivity index (χ0v) is 51.9. The number of benzene rings is 12. The molecule has 0 atom stereocenters. The van der Waals surface area contributed by atoms with Crippen LogP contribution in [0.4, 0.5) is 34.1 Å². The molecule has 6 aliphatic rings. The van der Waals surface area contributed by atoms with E-state index in [0.29, 0.717) is 0 Å². The van der Waals surface area contributed by atoms with Gasteiger partial charge in [0.1, 0.15) is 0 Å². The SMILES string of the molecule is CC(C)(C)Cc1ccc2c(c1)C=Cc1ccccc1N2c1ccc2c(c1)C1(c3ccccc3-c3ccccc31)c1cc(-c3ccc4c(c3)C3(c5ccccc5-c5ccccc53)c3cc(N5c6ccccc6C=Cc6ccc(CC(C)(C)C)cc65)ccc3-4)ccc1-2. The van der Waals surface area contributed by atoms with E-state index in [1.807, 2.05) is 0 Å². The minimum absolute atomic E-state index is 0.138. The Morgan fingerprint density at radius 2 is 0.589 bits per heavy atom. The summed E-state index contributed by atoms with van der Waals surface area (Å²) in [4.78, 5) is 5.06. The van der Waals surface area contributed by atoms with Crippen LogP contribution in [0.25, 0.3) is 79.9 Å². The molecule has 12 aromatic carbocycles. The van der Waals surface area contributed by atoms with Crippen molar-refractivity contribution in [2.24, 2.45) is 10.8 Å². The van der Waals surface area contributed by atoms with Crippen molar-refractivity contribution in [3.05, 3.63) is 333 Å². The summed E-state index contributed by atoms with van der Waals surface area (Å²) in [6, 6.07) is 98.6. The first-order chi connectivity index (χ1) is 43.8. The second-order valence-electron chi connectivity index (χ2n) is 28.4. The minimum Gasteiger partial charge on any atom is -0.309 e. The van der Waals surface area contributed by atoms with Gasteiger partial charge in [0.25, 0.3) is 0 Å². The maximum absolute atomic E-state index is 2.58. The molecule has 0 N–H and O–H groups in total. The van der Waals surface area contributed by atoms with Crippen molar-refractivity contribution in [3.8, 4) is 55.6 Å². The Morgan fingerprint density at radius 1 is 0.256 bits per heavy atom. The van der Waals surface area contributed by atoms with Gasteiger partial charge in [0.05, 0.1) is 33.6 Å². The fraction of sp³-hybridized carbons (Fsp3) is 0.136. The van der Waals surface area contributed by atoms with Gasteiger partial charge in [-0.2, -0.15) is 0 Å². The summed E-state index contributed by atoms with van der Waals surface area (Å²) in [6.07, 6.45) is 11.2. The summed E-state index contributed by atoms with van der Waals surface area (Å²) < 4.78 is 0. The Morgan fingerprint density at radius 3 is 1.04 bits per heavy atom. The average molecular weight is 1150 g/mol. The molecule has 18 rings (SSSR count). The van der Waals surface area contributed by atoms with Crippen LogP contribution in [-0.2, 0) is 23.7 Å². The zero-order valence-electron chi connectivity index (χ0n) is 51.9. The smallest absolute Gasteiger partial charge is 0.0726 e. The van der Waals surface area contributed by atoms with Gasteiger partial charge in [-0.3, -0.25) is 0 Å². The lowest BCUT2D eigenvalue weighted by molar-refractivity contribution is 0.411. The molecule has 2 aliphatic heterocycles. The van der Waals surface area contributed by atoms with Gasteiger partial charge in [0.2, 0.25) is 0 Å². The summed E-state index contributed by atoms with van der Waals surface area (Å²) in [5.74, 6) is 0. The third-order valence-electron chi connectivity index (χ3n) is 20.4. The van der Waals surface area contributed by atoms with Crippen molar-refractivity contribution >= 4 is 58.4 Å². The van der Waals surface area contributed by atoms with E-state index in [1.165, 1.54) is 156 Å². The minimum atomic E-state index is -0.591. The van der Waals surface area contributed by atoms with Crippen LogP contribution < -0.4 is 9.80 Å². The van der Waals surface area contributed by atoms with E-state index in [1.54, 1.807) is 0 Å². The fourth-order valence-electron chi connectivity index (χ4n) is 17.0. The number of fused-ring (bicyclic) bond motifs is 24. The third-order valence-corrected chi connectivity index (χ3v) is 20.4. The summed E-state index contributed by atoms with van der Waals surface area (Å²) in [6.45, 7) is 14.0. The summed E-state index contributed by atoms with van der Waals surface area (Å²) >= 11 is 0. The van der Waals surface area contributed by atoms with Crippen LogP contribution in [0.15, 0.2) is 255 Å². The van der Waals surface area contributed by atoms with Gasteiger partial charge in [-0.05, 0) is 224 Å². The van der Waals surface area contributed by atoms with Crippen LogP contribution >= 0.6 is 0 Å². The van der Waals surface area contributed by atoms with Crippen molar-refractivity contribution in [2.75, 3.05) is 9.80 Å². The van der Waals surface area contributed by atoms with E-state index < -0.39 is 10.8 Å². The van der Waals surface area contributed by atoms with Gasteiger partial charge in [-0.25, -0.2) is 0 Å². The quantitative estimate of drug-likeness (QED) is 0.169. The number of hydrogen-bond donors (Lipinski definition) is 0. The second-order valence-corrected chi connectivity index (χ2v) is 28.4. The van der Waals surface area contributed by atoms with Gasteiger partial charge < -0.3 is 9.80 Å². The molecule has 2 heteroatoms. The molecule has 0 unspecified atom stereocenters. The number of hydrogen-bond acceptors (Lipinski definition) is 2. The Labute approximate surface area is 529 Å². The van der Waals surface area contributed by atoms with Crippen molar-refractivity contribution in [1.82, 2.24) is 0 Å². The van der Waals surface area contributed by atoms with Crippen molar-refractivity contribution in [1.29, 1.82) is 0 Å². The Bertz CT molecular complexity index is 5030. The average Bonchev–Trinajstić information content (AvgIpc) is 1.52. The molecule has 430 valence electrons. The largest absolute Gasteiger partial charge is 0.309 e. The summed E-state index contributed by atoms with van der Waals surface area (Å²) in [5.41, 5.74) is 37.1. The molecule has 0 saturated heterocycles. The topological polar surface area (TPSA) is 6.48 Å². The second kappa shape index (κ2) is 19.1. The van der Waals surface area contributed by atoms with Crippen molar-refractivity contribution < 1.29 is 0 Å². The normalized spacial score (nSPS) is 14.9. The highest BCUT2D eigenvalue weighted by Crippen LogP contribution is 2.66. The van der Waals surface area contributed by atoms with Crippen LogP contribution in [0, 0.1) is 10.8 Å². The molecule has 2 spiro atoms. The zero-order chi connectivity index (χ0) is 60.4. The lowest BCUT2D eigenvalue weighted by Gasteiger charge is -2.33. The molecule has 0 amide bonds. The van der Waals surface area contributed by atoms with E-state index >= 15 is 0 Å². The number of nitrogens with zero attached hydrogens (tertiary/aromatic N) is 2. The Hall–Kier alpha value is -10.3.